The van der Waals surface area contributed by atoms with Gasteiger partial charge < -0.3 is 10.1 Å². The lowest BCUT2D eigenvalue weighted by molar-refractivity contribution is -0.121. The summed E-state index contributed by atoms with van der Waals surface area (Å²) in [5, 5.41) is 2.87. The Balaban J connectivity index is 1.45. The fourth-order valence-electron chi connectivity index (χ4n) is 3.14. The van der Waals surface area contributed by atoms with Crippen LogP contribution in [-0.4, -0.2) is 28.6 Å². The highest BCUT2D eigenvalue weighted by Crippen LogP contribution is 2.19. The van der Waals surface area contributed by atoms with Crippen LogP contribution in [0.1, 0.15) is 25.3 Å². The number of aryl methyl sites for hydroxylation is 1. The van der Waals surface area contributed by atoms with Gasteiger partial charge in [-0.25, -0.2) is 4.98 Å². The van der Waals surface area contributed by atoms with E-state index in [1.807, 2.05) is 49.4 Å². The van der Waals surface area contributed by atoms with Crippen molar-refractivity contribution in [1.29, 1.82) is 0 Å². The molecule has 1 heterocycles. The summed E-state index contributed by atoms with van der Waals surface area (Å²) in [6.45, 7) is 3.33. The third-order valence-corrected chi connectivity index (χ3v) is 4.73. The Bertz CT molecular complexity index is 998. The van der Waals surface area contributed by atoms with Gasteiger partial charge in [0, 0.05) is 31.1 Å². The van der Waals surface area contributed by atoms with Crippen molar-refractivity contribution in [2.24, 2.45) is 0 Å². The van der Waals surface area contributed by atoms with Crippen molar-refractivity contribution in [1.82, 2.24) is 14.9 Å². The van der Waals surface area contributed by atoms with Crippen molar-refractivity contribution in [3.8, 4) is 17.0 Å². The van der Waals surface area contributed by atoms with Crippen molar-refractivity contribution >= 4 is 5.91 Å². The van der Waals surface area contributed by atoms with Crippen LogP contribution in [0.5, 0.6) is 5.75 Å². The van der Waals surface area contributed by atoms with Crippen LogP contribution in [0.3, 0.4) is 0 Å². The Morgan fingerprint density at radius 3 is 2.57 bits per heavy atom. The van der Waals surface area contributed by atoms with Gasteiger partial charge in [-0.3, -0.25) is 14.2 Å². The molecule has 2 aromatic carbocycles. The monoisotopic (exact) mass is 405 g/mol. The number of carbonyl (C=O) groups is 1. The van der Waals surface area contributed by atoms with E-state index in [2.05, 4.69) is 22.4 Å². The summed E-state index contributed by atoms with van der Waals surface area (Å²) in [6.07, 6.45) is 3.67. The molecule has 6 heteroatoms. The third kappa shape index (κ3) is 6.30. The molecule has 156 valence electrons. The number of benzene rings is 2. The molecule has 6 nitrogen and oxygen atoms in total. The molecule has 0 fully saturated rings. The van der Waals surface area contributed by atoms with E-state index in [0.717, 1.165) is 24.2 Å². The molecule has 1 amide bonds. The number of ether oxygens (including phenoxy) is 1. The molecule has 0 aliphatic heterocycles. The lowest BCUT2D eigenvalue weighted by Gasteiger charge is -2.09. The summed E-state index contributed by atoms with van der Waals surface area (Å²) in [7, 11) is 0. The predicted molar refractivity (Wildman–Crippen MR) is 117 cm³/mol. The van der Waals surface area contributed by atoms with Crippen molar-refractivity contribution in [3.63, 3.8) is 0 Å². The average Bonchev–Trinajstić information content (AvgIpc) is 2.76. The number of aromatic nitrogens is 2. The average molecular weight is 405 g/mol. The van der Waals surface area contributed by atoms with Gasteiger partial charge in [0.2, 0.25) is 5.91 Å². The van der Waals surface area contributed by atoms with Gasteiger partial charge in [-0.15, -0.1) is 0 Å². The molecule has 0 aliphatic carbocycles. The van der Waals surface area contributed by atoms with Gasteiger partial charge in [-0.2, -0.15) is 0 Å². The van der Waals surface area contributed by atoms with Gasteiger partial charge in [0.25, 0.3) is 5.56 Å². The fourth-order valence-corrected chi connectivity index (χ4v) is 3.14. The second kappa shape index (κ2) is 11.0. The molecule has 0 atom stereocenters. The van der Waals surface area contributed by atoms with Gasteiger partial charge >= 0.3 is 0 Å². The Morgan fingerprint density at radius 1 is 1.10 bits per heavy atom. The first kappa shape index (κ1) is 21.3. The number of nitrogens with one attached hydrogen (secondary N) is 1. The second-order valence-corrected chi connectivity index (χ2v) is 6.95. The molecular weight excluding hydrogens is 378 g/mol. The fraction of sp³-hybridized carbons (Fsp3) is 0.292. The minimum absolute atomic E-state index is 0.00190. The van der Waals surface area contributed by atoms with E-state index in [4.69, 9.17) is 4.74 Å². The summed E-state index contributed by atoms with van der Waals surface area (Å²) < 4.78 is 6.93. The van der Waals surface area contributed by atoms with E-state index in [1.165, 1.54) is 22.5 Å². The minimum Gasteiger partial charge on any atom is -0.494 e. The maximum absolute atomic E-state index is 12.4. The second-order valence-electron chi connectivity index (χ2n) is 6.95. The zero-order valence-electron chi connectivity index (χ0n) is 17.2. The first-order chi connectivity index (χ1) is 14.7. The van der Waals surface area contributed by atoms with Gasteiger partial charge in [0.15, 0.2) is 0 Å². The maximum Gasteiger partial charge on any atom is 0.253 e. The number of amides is 1. The number of rotatable bonds is 10. The van der Waals surface area contributed by atoms with Crippen LogP contribution < -0.4 is 15.6 Å². The van der Waals surface area contributed by atoms with Crippen molar-refractivity contribution in [2.45, 2.75) is 32.7 Å². The van der Waals surface area contributed by atoms with Crippen molar-refractivity contribution in [3.05, 3.63) is 82.9 Å². The molecular formula is C24H27N3O3. The lowest BCUT2D eigenvalue weighted by atomic mass is 10.1. The first-order valence-electron chi connectivity index (χ1n) is 10.3. The highest BCUT2D eigenvalue weighted by molar-refractivity contribution is 5.75. The molecule has 3 rings (SSSR count). The lowest BCUT2D eigenvalue weighted by Crippen LogP contribution is -2.30. The topological polar surface area (TPSA) is 73.2 Å². The highest BCUT2D eigenvalue weighted by Gasteiger charge is 2.05. The normalized spacial score (nSPS) is 10.6. The van der Waals surface area contributed by atoms with Gasteiger partial charge in [-0.05, 0) is 49.6 Å². The molecule has 1 aromatic heterocycles. The number of hydrogen-bond acceptors (Lipinski definition) is 4. The summed E-state index contributed by atoms with van der Waals surface area (Å²) >= 11 is 0. The molecule has 0 bridgehead atoms. The quantitative estimate of drug-likeness (QED) is 0.561. The summed E-state index contributed by atoms with van der Waals surface area (Å²) in [5.41, 5.74) is 2.56. The molecule has 0 unspecified atom stereocenters. The molecule has 3 aromatic rings. The summed E-state index contributed by atoms with van der Waals surface area (Å²) in [5.74, 6) is 0.784. The van der Waals surface area contributed by atoms with E-state index in [9.17, 15) is 9.59 Å². The van der Waals surface area contributed by atoms with Crippen LogP contribution in [0.2, 0.25) is 0 Å². The Kier molecular flexibility index (Phi) is 7.78. The SMILES string of the molecule is CCOc1ccc(-c2cc(=O)n(CCNC(=O)CCCc3ccccc3)cn2)cc1. The molecule has 0 saturated carbocycles. The standard InChI is InChI=1S/C24H27N3O3/c1-2-30-21-13-11-20(12-14-21)22-17-24(29)27(18-26-22)16-15-25-23(28)10-6-9-19-7-4-3-5-8-19/h3-5,7-8,11-14,17-18H,2,6,9-10,15-16H2,1H3,(H,25,28). The zero-order valence-corrected chi connectivity index (χ0v) is 17.2. The number of carbonyl (C=O) groups excluding carboxylic acids is 1. The van der Waals surface area contributed by atoms with Crippen LogP contribution in [0, 0.1) is 0 Å². The van der Waals surface area contributed by atoms with Crippen LogP contribution in [0.15, 0.2) is 71.8 Å². The van der Waals surface area contributed by atoms with Crippen LogP contribution >= 0.6 is 0 Å². The minimum atomic E-state index is -0.146. The Hall–Kier alpha value is -3.41. The molecule has 0 aliphatic rings. The molecule has 1 N–H and O–H groups in total. The Labute approximate surface area is 176 Å². The van der Waals surface area contributed by atoms with Crippen LogP contribution in [0.25, 0.3) is 11.3 Å². The highest BCUT2D eigenvalue weighted by atomic mass is 16.5. The first-order valence-corrected chi connectivity index (χ1v) is 10.3. The third-order valence-electron chi connectivity index (χ3n) is 4.73. The van der Waals surface area contributed by atoms with Gasteiger partial charge in [0.05, 0.1) is 18.6 Å². The van der Waals surface area contributed by atoms with Crippen LogP contribution in [0.4, 0.5) is 0 Å². The van der Waals surface area contributed by atoms with E-state index in [-0.39, 0.29) is 11.5 Å². The van der Waals surface area contributed by atoms with Gasteiger partial charge in [0.1, 0.15) is 5.75 Å². The van der Waals surface area contributed by atoms with E-state index in [0.29, 0.717) is 31.8 Å². The molecule has 0 spiro atoms. The molecule has 0 saturated heterocycles. The predicted octanol–water partition coefficient (Wildman–Crippen LogP) is 3.45. The van der Waals surface area contributed by atoms with E-state index in [1.54, 1.807) is 0 Å². The van der Waals surface area contributed by atoms with E-state index >= 15 is 0 Å². The Morgan fingerprint density at radius 2 is 1.87 bits per heavy atom. The van der Waals surface area contributed by atoms with Crippen LogP contribution in [-0.2, 0) is 17.8 Å². The van der Waals surface area contributed by atoms with Crippen molar-refractivity contribution < 1.29 is 9.53 Å². The maximum atomic E-state index is 12.4. The largest absolute Gasteiger partial charge is 0.494 e. The number of hydrogen-bond donors (Lipinski definition) is 1. The van der Waals surface area contributed by atoms with Crippen molar-refractivity contribution in [2.75, 3.05) is 13.2 Å². The zero-order chi connectivity index (χ0) is 21.2. The number of nitrogens with zero attached hydrogens (tertiary/aromatic N) is 2. The summed E-state index contributed by atoms with van der Waals surface area (Å²) in [6, 6.07) is 19.1. The smallest absolute Gasteiger partial charge is 0.253 e. The molecule has 0 radical (unpaired) electrons. The van der Waals surface area contributed by atoms with E-state index < -0.39 is 0 Å². The molecule has 30 heavy (non-hydrogen) atoms. The summed E-state index contributed by atoms with van der Waals surface area (Å²) in [4.78, 5) is 28.7. The van der Waals surface area contributed by atoms with Gasteiger partial charge in [-0.1, -0.05) is 30.3 Å².